The van der Waals surface area contributed by atoms with Crippen LogP contribution in [0.25, 0.3) is 0 Å². The van der Waals surface area contributed by atoms with Crippen LogP contribution in [0, 0.1) is 0 Å². The molecule has 1 aromatic rings. The molecule has 0 radical (unpaired) electrons. The van der Waals surface area contributed by atoms with Gasteiger partial charge in [0.15, 0.2) is 0 Å². The summed E-state index contributed by atoms with van der Waals surface area (Å²) in [6, 6.07) is 6.72. The lowest BCUT2D eigenvalue weighted by Crippen LogP contribution is -2.27. The summed E-state index contributed by atoms with van der Waals surface area (Å²) in [5.74, 6) is -0.958. The van der Waals surface area contributed by atoms with Crippen LogP contribution in [0.3, 0.4) is 0 Å². The lowest BCUT2D eigenvalue weighted by Gasteiger charge is -2.06. The standard InChI is InChI=1S/C13H13ClN2O4/c1-2-19-13(18)11-7-10(16-20-11)12(17)15-9-5-3-4-8(14)6-9/h3-6,11H,2,7H2,1H3,(H,15,17). The van der Waals surface area contributed by atoms with Gasteiger partial charge in [0.2, 0.25) is 6.10 Å². The third-order valence-electron chi connectivity index (χ3n) is 2.56. The molecule has 1 atom stereocenters. The highest BCUT2D eigenvalue weighted by Gasteiger charge is 2.32. The Labute approximate surface area is 120 Å². The largest absolute Gasteiger partial charge is 0.463 e. The van der Waals surface area contributed by atoms with E-state index in [-0.39, 0.29) is 18.7 Å². The minimum atomic E-state index is -0.852. The number of esters is 1. The van der Waals surface area contributed by atoms with E-state index in [9.17, 15) is 9.59 Å². The molecule has 0 aromatic heterocycles. The van der Waals surface area contributed by atoms with E-state index in [4.69, 9.17) is 21.2 Å². The molecule has 1 heterocycles. The second kappa shape index (κ2) is 6.38. The fourth-order valence-corrected chi connectivity index (χ4v) is 1.83. The number of hydrogen-bond donors (Lipinski definition) is 1. The van der Waals surface area contributed by atoms with Gasteiger partial charge in [0.25, 0.3) is 5.91 Å². The molecule has 1 unspecified atom stereocenters. The van der Waals surface area contributed by atoms with Crippen LogP contribution in [0.1, 0.15) is 13.3 Å². The number of halogens is 1. The van der Waals surface area contributed by atoms with Crippen LogP contribution in [-0.2, 0) is 19.2 Å². The van der Waals surface area contributed by atoms with E-state index in [0.717, 1.165) is 0 Å². The Kier molecular flexibility index (Phi) is 4.57. The number of carbonyl (C=O) groups excluding carboxylic acids is 2. The van der Waals surface area contributed by atoms with Crippen molar-refractivity contribution >= 4 is 34.9 Å². The second-order valence-corrected chi connectivity index (χ2v) is 4.49. The molecule has 0 spiro atoms. The van der Waals surface area contributed by atoms with Gasteiger partial charge in [-0.1, -0.05) is 22.8 Å². The first-order valence-corrected chi connectivity index (χ1v) is 6.44. The molecule has 0 saturated heterocycles. The molecule has 0 bridgehead atoms. The number of amides is 1. The summed E-state index contributed by atoms with van der Waals surface area (Å²) in [6.07, 6.45) is -0.763. The van der Waals surface area contributed by atoms with E-state index in [0.29, 0.717) is 10.7 Å². The van der Waals surface area contributed by atoms with Gasteiger partial charge in [-0.25, -0.2) is 4.79 Å². The van der Waals surface area contributed by atoms with E-state index in [2.05, 4.69) is 10.5 Å². The molecular weight excluding hydrogens is 284 g/mol. The lowest BCUT2D eigenvalue weighted by atomic mass is 10.1. The van der Waals surface area contributed by atoms with Gasteiger partial charge in [-0.05, 0) is 25.1 Å². The maximum atomic E-state index is 11.9. The van der Waals surface area contributed by atoms with Crippen molar-refractivity contribution in [2.75, 3.05) is 11.9 Å². The third kappa shape index (κ3) is 3.48. The SMILES string of the molecule is CCOC(=O)C1CC(C(=O)Nc2cccc(Cl)c2)=NO1. The van der Waals surface area contributed by atoms with Crippen molar-refractivity contribution in [1.29, 1.82) is 0 Å². The Hall–Kier alpha value is -2.08. The fraction of sp³-hybridized carbons (Fsp3) is 0.308. The van der Waals surface area contributed by atoms with Crippen molar-refractivity contribution in [1.82, 2.24) is 0 Å². The molecule has 0 aliphatic carbocycles. The summed E-state index contributed by atoms with van der Waals surface area (Å²) in [4.78, 5) is 28.3. The minimum Gasteiger partial charge on any atom is -0.463 e. The number of benzene rings is 1. The number of carbonyl (C=O) groups is 2. The molecule has 2 rings (SSSR count). The first-order chi connectivity index (χ1) is 9.60. The molecule has 1 aromatic carbocycles. The monoisotopic (exact) mass is 296 g/mol. The van der Waals surface area contributed by atoms with E-state index >= 15 is 0 Å². The zero-order chi connectivity index (χ0) is 14.5. The first-order valence-electron chi connectivity index (χ1n) is 6.06. The van der Waals surface area contributed by atoms with Crippen molar-refractivity contribution in [3.63, 3.8) is 0 Å². The fourth-order valence-electron chi connectivity index (χ4n) is 1.64. The van der Waals surface area contributed by atoms with Gasteiger partial charge < -0.3 is 14.9 Å². The topological polar surface area (TPSA) is 77.0 Å². The molecule has 20 heavy (non-hydrogen) atoms. The van der Waals surface area contributed by atoms with E-state index in [1.807, 2.05) is 0 Å². The molecule has 7 heteroatoms. The quantitative estimate of drug-likeness (QED) is 0.862. The maximum Gasteiger partial charge on any atom is 0.350 e. The Morgan fingerprint density at radius 1 is 1.55 bits per heavy atom. The predicted octanol–water partition coefficient (Wildman–Crippen LogP) is 1.99. The van der Waals surface area contributed by atoms with Gasteiger partial charge in [-0.3, -0.25) is 4.79 Å². The molecule has 1 aliphatic heterocycles. The Morgan fingerprint density at radius 2 is 2.35 bits per heavy atom. The van der Waals surface area contributed by atoms with E-state index in [1.165, 1.54) is 0 Å². The number of rotatable bonds is 4. The Bertz CT molecular complexity index is 559. The maximum absolute atomic E-state index is 11.9. The van der Waals surface area contributed by atoms with Gasteiger partial charge >= 0.3 is 5.97 Å². The Morgan fingerprint density at radius 3 is 3.05 bits per heavy atom. The first kappa shape index (κ1) is 14.3. The van der Waals surface area contributed by atoms with Crippen molar-refractivity contribution in [2.45, 2.75) is 19.4 Å². The van der Waals surface area contributed by atoms with Crippen molar-refractivity contribution < 1.29 is 19.2 Å². The van der Waals surface area contributed by atoms with Gasteiger partial charge in [0.1, 0.15) is 5.71 Å². The zero-order valence-corrected chi connectivity index (χ0v) is 11.5. The smallest absolute Gasteiger partial charge is 0.350 e. The summed E-state index contributed by atoms with van der Waals surface area (Å²) in [5, 5.41) is 6.75. The molecule has 1 aliphatic rings. The number of anilines is 1. The summed E-state index contributed by atoms with van der Waals surface area (Å²) < 4.78 is 4.80. The third-order valence-corrected chi connectivity index (χ3v) is 2.80. The number of nitrogens with zero attached hydrogens (tertiary/aromatic N) is 1. The van der Waals surface area contributed by atoms with Gasteiger partial charge in [-0.2, -0.15) is 0 Å². The average molecular weight is 297 g/mol. The van der Waals surface area contributed by atoms with Gasteiger partial charge in [0.05, 0.1) is 6.61 Å². The van der Waals surface area contributed by atoms with Gasteiger partial charge in [0, 0.05) is 17.1 Å². The molecule has 1 amide bonds. The van der Waals surface area contributed by atoms with Crippen molar-refractivity contribution in [3.05, 3.63) is 29.3 Å². The van der Waals surface area contributed by atoms with E-state index in [1.54, 1.807) is 31.2 Å². The number of oxime groups is 1. The second-order valence-electron chi connectivity index (χ2n) is 4.05. The molecule has 106 valence electrons. The van der Waals surface area contributed by atoms with Crippen LogP contribution in [0.5, 0.6) is 0 Å². The molecular formula is C13H13ClN2O4. The molecule has 6 nitrogen and oxygen atoms in total. The predicted molar refractivity (Wildman–Crippen MR) is 73.6 cm³/mol. The highest BCUT2D eigenvalue weighted by Crippen LogP contribution is 2.17. The average Bonchev–Trinajstić information content (AvgIpc) is 2.88. The summed E-state index contributed by atoms with van der Waals surface area (Å²) in [5.41, 5.74) is 0.688. The molecule has 0 saturated carbocycles. The summed E-state index contributed by atoms with van der Waals surface area (Å²) in [6.45, 7) is 1.95. The summed E-state index contributed by atoms with van der Waals surface area (Å²) in [7, 11) is 0. The molecule has 1 N–H and O–H groups in total. The zero-order valence-electron chi connectivity index (χ0n) is 10.8. The minimum absolute atomic E-state index is 0.0885. The van der Waals surface area contributed by atoms with Crippen LogP contribution >= 0.6 is 11.6 Å². The van der Waals surface area contributed by atoms with Crippen LogP contribution in [0.4, 0.5) is 5.69 Å². The van der Waals surface area contributed by atoms with Crippen LogP contribution in [0.15, 0.2) is 29.4 Å². The van der Waals surface area contributed by atoms with Crippen molar-refractivity contribution in [3.8, 4) is 0 Å². The Balaban J connectivity index is 1.93. The van der Waals surface area contributed by atoms with E-state index < -0.39 is 18.0 Å². The number of ether oxygens (including phenoxy) is 1. The number of nitrogens with one attached hydrogen (secondary N) is 1. The normalized spacial score (nSPS) is 17.1. The summed E-state index contributed by atoms with van der Waals surface area (Å²) >= 11 is 5.82. The van der Waals surface area contributed by atoms with Crippen LogP contribution in [-0.4, -0.2) is 30.3 Å². The lowest BCUT2D eigenvalue weighted by molar-refractivity contribution is -0.154. The number of hydrogen-bond acceptors (Lipinski definition) is 5. The van der Waals surface area contributed by atoms with Crippen LogP contribution in [0.2, 0.25) is 5.02 Å². The van der Waals surface area contributed by atoms with Crippen molar-refractivity contribution in [2.24, 2.45) is 5.16 Å². The van der Waals surface area contributed by atoms with Gasteiger partial charge in [-0.15, -0.1) is 0 Å². The highest BCUT2D eigenvalue weighted by molar-refractivity contribution is 6.43. The molecule has 0 fully saturated rings. The van der Waals surface area contributed by atoms with Crippen LogP contribution < -0.4 is 5.32 Å². The highest BCUT2D eigenvalue weighted by atomic mass is 35.5.